The molecule has 0 aliphatic carbocycles. The van der Waals surface area contributed by atoms with Crippen LogP contribution in [-0.4, -0.2) is 52.3 Å². The van der Waals surface area contributed by atoms with Gasteiger partial charge in [0, 0.05) is 33.5 Å². The number of fused-ring (bicyclic) bond motifs is 2. The first-order valence-corrected chi connectivity index (χ1v) is 13.3. The van der Waals surface area contributed by atoms with Crippen molar-refractivity contribution in [3.05, 3.63) is 70.8 Å². The van der Waals surface area contributed by atoms with Crippen LogP contribution in [0.25, 0.3) is 0 Å². The van der Waals surface area contributed by atoms with Gasteiger partial charge in [0.2, 0.25) is 0 Å². The van der Waals surface area contributed by atoms with Crippen LogP contribution in [0.5, 0.6) is 0 Å². The van der Waals surface area contributed by atoms with E-state index in [4.69, 9.17) is 18.9 Å². The molecular formula is C29H35F6NO4. The summed E-state index contributed by atoms with van der Waals surface area (Å²) in [4.78, 5) is 0. The van der Waals surface area contributed by atoms with Gasteiger partial charge in [0.15, 0.2) is 0 Å². The van der Waals surface area contributed by atoms with E-state index in [1.807, 2.05) is 30.3 Å². The Morgan fingerprint density at radius 1 is 0.900 bits per heavy atom. The summed E-state index contributed by atoms with van der Waals surface area (Å²) in [5.74, 6) is 0.121. The van der Waals surface area contributed by atoms with E-state index in [9.17, 15) is 26.3 Å². The van der Waals surface area contributed by atoms with Crippen molar-refractivity contribution in [3.63, 3.8) is 0 Å². The average molecular weight is 576 g/mol. The average Bonchev–Trinajstić information content (AvgIpc) is 3.24. The number of methoxy groups -OCH3 is 2. The fourth-order valence-corrected chi connectivity index (χ4v) is 6.15. The zero-order valence-corrected chi connectivity index (χ0v) is 22.5. The summed E-state index contributed by atoms with van der Waals surface area (Å²) in [6.45, 7) is 1.29. The lowest BCUT2D eigenvalue weighted by Crippen LogP contribution is -2.65. The van der Waals surface area contributed by atoms with Crippen LogP contribution in [0.4, 0.5) is 26.3 Å². The van der Waals surface area contributed by atoms with Crippen LogP contribution in [0.15, 0.2) is 48.5 Å². The van der Waals surface area contributed by atoms with Crippen molar-refractivity contribution < 1.29 is 45.3 Å². The SMILES string of the molecule is COCCCOC[C@@H]1C[C@]2(c3ccccc3)N[C@H]1CC[C@@]2(COC)OCc1cc(C(F)(F)F)cc(C(F)(F)F)c1. The van der Waals surface area contributed by atoms with E-state index in [-0.39, 0.29) is 30.2 Å². The van der Waals surface area contributed by atoms with Gasteiger partial charge in [-0.3, -0.25) is 0 Å². The first kappa shape index (κ1) is 30.8. The van der Waals surface area contributed by atoms with Crippen molar-refractivity contribution in [2.24, 2.45) is 5.92 Å². The van der Waals surface area contributed by atoms with Gasteiger partial charge in [0.1, 0.15) is 5.60 Å². The summed E-state index contributed by atoms with van der Waals surface area (Å²) in [6, 6.07) is 11.2. The second-order valence-corrected chi connectivity index (χ2v) is 10.6. The predicted molar refractivity (Wildman–Crippen MR) is 136 cm³/mol. The first-order valence-electron chi connectivity index (χ1n) is 13.3. The second-order valence-electron chi connectivity index (χ2n) is 10.6. The number of alkyl halides is 6. The van der Waals surface area contributed by atoms with Crippen molar-refractivity contribution in [1.82, 2.24) is 5.32 Å². The molecule has 40 heavy (non-hydrogen) atoms. The first-order chi connectivity index (χ1) is 18.9. The monoisotopic (exact) mass is 575 g/mol. The third-order valence-electron chi connectivity index (χ3n) is 7.98. The third-order valence-corrected chi connectivity index (χ3v) is 7.98. The molecule has 5 nitrogen and oxygen atoms in total. The number of ether oxygens (including phenoxy) is 4. The number of nitrogens with one attached hydrogen (secondary N) is 1. The summed E-state index contributed by atoms with van der Waals surface area (Å²) >= 11 is 0. The van der Waals surface area contributed by atoms with E-state index in [2.05, 4.69) is 5.32 Å². The zero-order chi connectivity index (χ0) is 29.0. The Balaban J connectivity index is 1.66. The van der Waals surface area contributed by atoms with Gasteiger partial charge < -0.3 is 24.3 Å². The maximum absolute atomic E-state index is 13.5. The number of halogens is 6. The lowest BCUT2D eigenvalue weighted by Gasteiger charge is -2.52. The summed E-state index contributed by atoms with van der Waals surface area (Å²) in [5, 5.41) is 3.74. The quantitative estimate of drug-likeness (QED) is 0.236. The van der Waals surface area contributed by atoms with E-state index < -0.39 is 41.2 Å². The molecule has 4 rings (SSSR count). The largest absolute Gasteiger partial charge is 0.416 e. The molecule has 0 spiro atoms. The van der Waals surface area contributed by atoms with Crippen molar-refractivity contribution >= 4 is 0 Å². The normalized spacial score (nSPS) is 26.8. The topological polar surface area (TPSA) is 49.0 Å². The molecule has 0 saturated carbocycles. The van der Waals surface area contributed by atoms with Crippen LogP contribution in [-0.2, 0) is 43.4 Å². The molecule has 2 aromatic carbocycles. The number of hydrogen-bond acceptors (Lipinski definition) is 5. The highest BCUT2D eigenvalue weighted by Crippen LogP contribution is 2.53. The molecule has 2 aromatic rings. The van der Waals surface area contributed by atoms with Crippen molar-refractivity contribution in [2.45, 2.75) is 61.8 Å². The Kier molecular flexibility index (Phi) is 9.51. The minimum absolute atomic E-state index is 0.0914. The van der Waals surface area contributed by atoms with Crippen LogP contribution in [0, 0.1) is 5.92 Å². The molecule has 0 radical (unpaired) electrons. The third kappa shape index (κ3) is 6.49. The van der Waals surface area contributed by atoms with Crippen LogP contribution < -0.4 is 5.32 Å². The molecule has 0 unspecified atom stereocenters. The number of benzene rings is 2. The number of piperidine rings is 1. The maximum atomic E-state index is 13.5. The second kappa shape index (κ2) is 12.4. The van der Waals surface area contributed by atoms with Crippen molar-refractivity contribution in [3.8, 4) is 0 Å². The molecule has 0 amide bonds. The molecule has 2 fully saturated rings. The lowest BCUT2D eigenvalue weighted by atomic mass is 9.70. The minimum atomic E-state index is -4.94. The van der Waals surface area contributed by atoms with Crippen LogP contribution in [0.1, 0.15) is 47.9 Å². The van der Waals surface area contributed by atoms with Crippen LogP contribution >= 0.6 is 0 Å². The maximum Gasteiger partial charge on any atom is 0.416 e. The van der Waals surface area contributed by atoms with Gasteiger partial charge in [0.05, 0.1) is 36.5 Å². The van der Waals surface area contributed by atoms with Gasteiger partial charge >= 0.3 is 12.4 Å². The zero-order valence-electron chi connectivity index (χ0n) is 22.5. The Morgan fingerprint density at radius 2 is 1.57 bits per heavy atom. The number of rotatable bonds is 12. The molecule has 2 saturated heterocycles. The fourth-order valence-electron chi connectivity index (χ4n) is 6.15. The van der Waals surface area contributed by atoms with Gasteiger partial charge in [-0.2, -0.15) is 26.3 Å². The Hall–Kier alpha value is -2.18. The Morgan fingerprint density at radius 3 is 2.17 bits per heavy atom. The molecule has 222 valence electrons. The van der Waals surface area contributed by atoms with Crippen molar-refractivity contribution in [2.75, 3.05) is 40.6 Å². The lowest BCUT2D eigenvalue weighted by molar-refractivity contribution is -0.167. The summed E-state index contributed by atoms with van der Waals surface area (Å²) in [6.07, 6.45) is -7.33. The van der Waals surface area contributed by atoms with Gasteiger partial charge in [-0.1, -0.05) is 30.3 Å². The number of hydrogen-bond donors (Lipinski definition) is 1. The summed E-state index contributed by atoms with van der Waals surface area (Å²) < 4.78 is 104. The van der Waals surface area contributed by atoms with E-state index in [0.29, 0.717) is 39.1 Å². The van der Waals surface area contributed by atoms with E-state index in [0.717, 1.165) is 24.1 Å². The molecule has 1 N–H and O–H groups in total. The Labute approximate surface area is 230 Å². The highest BCUT2D eigenvalue weighted by Gasteiger charge is 2.62. The summed E-state index contributed by atoms with van der Waals surface area (Å²) in [5.41, 5.74) is -3.88. The highest BCUT2D eigenvalue weighted by atomic mass is 19.4. The molecule has 2 heterocycles. The molecule has 0 aromatic heterocycles. The van der Waals surface area contributed by atoms with Gasteiger partial charge in [-0.15, -0.1) is 0 Å². The minimum Gasteiger partial charge on any atom is -0.385 e. The fraction of sp³-hybridized carbons (Fsp3) is 0.586. The molecule has 11 heteroatoms. The predicted octanol–water partition coefficient (Wildman–Crippen LogP) is 6.35. The molecule has 2 bridgehead atoms. The molecular weight excluding hydrogens is 540 g/mol. The standard InChI is InChI=1S/C29H35F6NO4/c1-37-11-6-12-39-18-21-16-27(22-7-4-3-5-8-22)26(19-38-2,10-9-25(21)36-27)40-17-20-13-23(28(30,31)32)15-24(14-20)29(33,34)35/h3-5,7-8,13-15,21,25,36H,6,9-12,16-19H2,1-2H3/t21-,25-,26-,27+/m0/s1. The smallest absolute Gasteiger partial charge is 0.385 e. The Bertz CT molecular complexity index is 1080. The highest BCUT2D eigenvalue weighted by molar-refractivity contribution is 5.36. The van der Waals surface area contributed by atoms with Gasteiger partial charge in [-0.05, 0) is 60.9 Å². The van der Waals surface area contributed by atoms with Crippen molar-refractivity contribution in [1.29, 1.82) is 0 Å². The van der Waals surface area contributed by atoms with E-state index in [1.165, 1.54) is 7.11 Å². The molecule has 2 aliphatic rings. The van der Waals surface area contributed by atoms with Gasteiger partial charge in [0.25, 0.3) is 0 Å². The molecule has 4 atom stereocenters. The van der Waals surface area contributed by atoms with E-state index >= 15 is 0 Å². The van der Waals surface area contributed by atoms with Crippen LogP contribution in [0.3, 0.4) is 0 Å². The van der Waals surface area contributed by atoms with Gasteiger partial charge in [-0.25, -0.2) is 0 Å². The molecule has 2 aliphatic heterocycles. The summed E-state index contributed by atoms with van der Waals surface area (Å²) in [7, 11) is 3.14. The van der Waals surface area contributed by atoms with E-state index in [1.54, 1.807) is 7.11 Å². The van der Waals surface area contributed by atoms with Crippen LogP contribution in [0.2, 0.25) is 0 Å².